The highest BCUT2D eigenvalue weighted by Gasteiger charge is 2.39. The van der Waals surface area contributed by atoms with Crippen LogP contribution < -0.4 is 10.9 Å². The molecule has 3 aromatic rings. The fourth-order valence-corrected chi connectivity index (χ4v) is 4.49. The minimum absolute atomic E-state index is 0.0160. The molecule has 1 aliphatic carbocycles. The molecule has 0 fully saturated rings. The van der Waals surface area contributed by atoms with Crippen molar-refractivity contribution in [2.24, 2.45) is 0 Å². The molecule has 2 aromatic heterocycles. The number of aryl methyl sites for hydroxylation is 1. The van der Waals surface area contributed by atoms with Gasteiger partial charge in [0.05, 0.1) is 11.6 Å². The smallest absolute Gasteiger partial charge is 0.268 e. The molecule has 29 heavy (non-hydrogen) atoms. The summed E-state index contributed by atoms with van der Waals surface area (Å²) < 4.78 is 16.2. The van der Waals surface area contributed by atoms with E-state index in [1.165, 1.54) is 0 Å². The van der Waals surface area contributed by atoms with Gasteiger partial charge in [0.25, 0.3) is 5.56 Å². The summed E-state index contributed by atoms with van der Waals surface area (Å²) in [6.07, 6.45) is 1.95. The van der Waals surface area contributed by atoms with Gasteiger partial charge in [0.15, 0.2) is 0 Å². The van der Waals surface area contributed by atoms with Crippen molar-refractivity contribution in [2.75, 3.05) is 6.54 Å². The van der Waals surface area contributed by atoms with E-state index in [1.54, 1.807) is 12.4 Å². The average molecular weight is 392 g/mol. The number of nitrogens with zero attached hydrogens (tertiary/aromatic N) is 4. The molecule has 3 atom stereocenters. The monoisotopic (exact) mass is 392 g/mol. The molecule has 8 heteroatoms. The Balaban J connectivity index is 1.79. The van der Waals surface area contributed by atoms with Crippen molar-refractivity contribution in [1.29, 1.82) is 0 Å². The molecule has 7 nitrogen and oxygen atoms in total. The highest BCUT2D eigenvalue weighted by molar-refractivity contribution is 5.72. The van der Waals surface area contributed by atoms with Crippen LogP contribution in [-0.4, -0.2) is 37.7 Å². The van der Waals surface area contributed by atoms with Crippen molar-refractivity contribution in [3.05, 3.63) is 81.3 Å². The second-order valence-corrected chi connectivity index (χ2v) is 7.40. The standard InChI is InChI=1S/C21H21FN6O/c1-2-28-20(24-11-25-28)18-15(12-6-4-3-5-7-12)10-23-16-9-13(22)8-14-17(16)19(18)26-27-21(14)29/h3-7,9,11,13,15,18,23H,2,8,10H2,1H3,(H,27,29). The van der Waals surface area contributed by atoms with Crippen LogP contribution in [0.5, 0.6) is 0 Å². The van der Waals surface area contributed by atoms with Crippen LogP contribution in [-0.2, 0) is 13.0 Å². The SMILES string of the molecule is CCn1ncnc1C1c2n[nH]c(=O)c3c2C(=CC(F)C3)NCC1c1ccccc1. The lowest BCUT2D eigenvalue weighted by atomic mass is 9.81. The molecular weight excluding hydrogens is 371 g/mol. The molecule has 1 aliphatic heterocycles. The minimum atomic E-state index is -1.20. The Hall–Kier alpha value is -3.29. The second-order valence-electron chi connectivity index (χ2n) is 7.40. The molecule has 0 saturated heterocycles. The quantitative estimate of drug-likeness (QED) is 0.713. The van der Waals surface area contributed by atoms with E-state index in [4.69, 9.17) is 0 Å². The predicted molar refractivity (Wildman–Crippen MR) is 106 cm³/mol. The zero-order chi connectivity index (χ0) is 20.0. The zero-order valence-electron chi connectivity index (χ0n) is 16.0. The minimum Gasteiger partial charge on any atom is -0.384 e. The highest BCUT2D eigenvalue weighted by Crippen LogP contribution is 2.43. The molecule has 148 valence electrons. The Bertz CT molecular complexity index is 1140. The van der Waals surface area contributed by atoms with E-state index >= 15 is 0 Å². The number of hydrogen-bond donors (Lipinski definition) is 2. The van der Waals surface area contributed by atoms with Crippen molar-refractivity contribution < 1.29 is 4.39 Å². The molecule has 0 amide bonds. The number of aromatic amines is 1. The van der Waals surface area contributed by atoms with Crippen LogP contribution in [0.15, 0.2) is 47.5 Å². The fraction of sp³-hybridized carbons (Fsp3) is 0.333. The van der Waals surface area contributed by atoms with Crippen LogP contribution in [0, 0.1) is 0 Å². The third kappa shape index (κ3) is 2.86. The first-order valence-electron chi connectivity index (χ1n) is 9.81. The number of H-pyrrole nitrogens is 1. The Morgan fingerprint density at radius 3 is 2.90 bits per heavy atom. The number of allylic oxidation sites excluding steroid dienone is 1. The van der Waals surface area contributed by atoms with Crippen molar-refractivity contribution in [3.63, 3.8) is 0 Å². The summed E-state index contributed by atoms with van der Waals surface area (Å²) in [6.45, 7) is 3.24. The number of nitrogens with one attached hydrogen (secondary N) is 2. The lowest BCUT2D eigenvalue weighted by molar-refractivity contribution is 0.393. The largest absolute Gasteiger partial charge is 0.384 e. The van der Waals surface area contributed by atoms with Gasteiger partial charge in [-0.15, -0.1) is 0 Å². The Kier molecular flexibility index (Phi) is 4.26. The maximum atomic E-state index is 14.4. The summed E-state index contributed by atoms with van der Waals surface area (Å²) in [5.41, 5.74) is 3.27. The molecule has 0 bridgehead atoms. The molecule has 0 saturated carbocycles. The normalized spacial score (nSPS) is 23.0. The topological polar surface area (TPSA) is 88.5 Å². The number of benzene rings is 1. The summed E-state index contributed by atoms with van der Waals surface area (Å²) >= 11 is 0. The maximum Gasteiger partial charge on any atom is 0.268 e. The maximum absolute atomic E-state index is 14.4. The molecule has 0 spiro atoms. The van der Waals surface area contributed by atoms with Gasteiger partial charge in [-0.2, -0.15) is 10.2 Å². The highest BCUT2D eigenvalue weighted by atomic mass is 19.1. The molecule has 3 heterocycles. The summed E-state index contributed by atoms with van der Waals surface area (Å²) in [4.78, 5) is 17.0. The molecule has 1 aromatic carbocycles. The van der Waals surface area contributed by atoms with Crippen molar-refractivity contribution in [1.82, 2.24) is 30.3 Å². The van der Waals surface area contributed by atoms with E-state index in [2.05, 4.69) is 37.7 Å². The summed E-state index contributed by atoms with van der Waals surface area (Å²) in [5, 5.41) is 14.8. The molecular formula is C21H21FN6O. The summed E-state index contributed by atoms with van der Waals surface area (Å²) in [7, 11) is 0. The lowest BCUT2D eigenvalue weighted by Crippen LogP contribution is -2.28. The Morgan fingerprint density at radius 2 is 2.10 bits per heavy atom. The van der Waals surface area contributed by atoms with Crippen LogP contribution in [0.25, 0.3) is 5.70 Å². The lowest BCUT2D eigenvalue weighted by Gasteiger charge is -2.25. The third-order valence-electron chi connectivity index (χ3n) is 5.79. The molecule has 2 aliphatic rings. The first-order valence-corrected chi connectivity index (χ1v) is 9.81. The van der Waals surface area contributed by atoms with Gasteiger partial charge in [-0.05, 0) is 18.6 Å². The van der Waals surface area contributed by atoms with E-state index in [-0.39, 0.29) is 23.8 Å². The van der Waals surface area contributed by atoms with E-state index in [0.717, 1.165) is 11.4 Å². The summed E-state index contributed by atoms with van der Waals surface area (Å²) in [6, 6.07) is 10.1. The fourth-order valence-electron chi connectivity index (χ4n) is 4.49. The van der Waals surface area contributed by atoms with Crippen LogP contribution in [0.1, 0.15) is 47.0 Å². The van der Waals surface area contributed by atoms with Crippen molar-refractivity contribution in [2.45, 2.75) is 37.9 Å². The van der Waals surface area contributed by atoms with Gasteiger partial charge in [-0.1, -0.05) is 30.3 Å². The van der Waals surface area contributed by atoms with E-state index in [0.29, 0.717) is 35.6 Å². The van der Waals surface area contributed by atoms with Gasteiger partial charge in [0, 0.05) is 42.3 Å². The third-order valence-corrected chi connectivity index (χ3v) is 5.79. The number of aromatic nitrogens is 5. The number of rotatable bonds is 3. The van der Waals surface area contributed by atoms with E-state index in [1.807, 2.05) is 29.8 Å². The van der Waals surface area contributed by atoms with Gasteiger partial charge < -0.3 is 5.32 Å². The number of halogens is 1. The Morgan fingerprint density at radius 1 is 1.28 bits per heavy atom. The molecule has 2 N–H and O–H groups in total. The van der Waals surface area contributed by atoms with Crippen LogP contribution >= 0.6 is 0 Å². The van der Waals surface area contributed by atoms with Crippen LogP contribution in [0.4, 0.5) is 4.39 Å². The van der Waals surface area contributed by atoms with E-state index < -0.39 is 6.17 Å². The predicted octanol–water partition coefficient (Wildman–Crippen LogP) is 2.14. The molecule has 3 unspecified atom stereocenters. The van der Waals surface area contributed by atoms with Gasteiger partial charge in [-0.25, -0.2) is 19.2 Å². The van der Waals surface area contributed by atoms with Gasteiger partial charge >= 0.3 is 0 Å². The molecule has 5 rings (SSSR count). The van der Waals surface area contributed by atoms with Gasteiger partial charge in [-0.3, -0.25) is 4.79 Å². The zero-order valence-corrected chi connectivity index (χ0v) is 16.0. The van der Waals surface area contributed by atoms with Gasteiger partial charge in [0.2, 0.25) is 0 Å². The van der Waals surface area contributed by atoms with Crippen LogP contribution in [0.2, 0.25) is 0 Å². The van der Waals surface area contributed by atoms with Crippen molar-refractivity contribution >= 4 is 5.70 Å². The first-order chi connectivity index (χ1) is 14.2. The Labute approximate surface area is 166 Å². The number of alkyl halides is 1. The second kappa shape index (κ2) is 6.95. The van der Waals surface area contributed by atoms with Crippen LogP contribution in [0.3, 0.4) is 0 Å². The average Bonchev–Trinajstić information content (AvgIpc) is 3.14. The van der Waals surface area contributed by atoms with E-state index in [9.17, 15) is 9.18 Å². The molecule has 0 radical (unpaired) electrons. The first kappa shape index (κ1) is 17.8. The summed E-state index contributed by atoms with van der Waals surface area (Å²) in [5.74, 6) is 0.534. The van der Waals surface area contributed by atoms with Gasteiger partial charge in [0.1, 0.15) is 18.3 Å². The van der Waals surface area contributed by atoms with Crippen molar-refractivity contribution in [3.8, 4) is 0 Å². The number of hydrogen-bond acceptors (Lipinski definition) is 5.